The van der Waals surface area contributed by atoms with Crippen molar-refractivity contribution in [2.75, 3.05) is 27.7 Å². The van der Waals surface area contributed by atoms with Gasteiger partial charge in [0.15, 0.2) is 6.10 Å². The quantitative estimate of drug-likeness (QED) is 0.801. The number of benzene rings is 2. The van der Waals surface area contributed by atoms with Crippen molar-refractivity contribution >= 4 is 5.91 Å². The Morgan fingerprint density at radius 1 is 1.04 bits per heavy atom. The van der Waals surface area contributed by atoms with Gasteiger partial charge in [0.25, 0.3) is 5.91 Å². The molecule has 0 aliphatic rings. The van der Waals surface area contributed by atoms with E-state index < -0.39 is 6.10 Å². The summed E-state index contributed by atoms with van der Waals surface area (Å²) in [5.74, 6) is 1.23. The van der Waals surface area contributed by atoms with E-state index in [2.05, 4.69) is 5.32 Å². The standard InChI is InChI=1S/C20H26N2O3/c1-15(25-18-12-10-17(24-4)11-13-18)20(23)21-19(14-22(2)3)16-8-6-5-7-9-16/h5-13,15,19H,14H2,1-4H3,(H,21,23). The second-order valence-electron chi connectivity index (χ2n) is 6.17. The molecule has 0 spiro atoms. The van der Waals surface area contributed by atoms with Crippen LogP contribution in [0.1, 0.15) is 18.5 Å². The summed E-state index contributed by atoms with van der Waals surface area (Å²) in [4.78, 5) is 14.6. The van der Waals surface area contributed by atoms with Gasteiger partial charge in [-0.25, -0.2) is 0 Å². The van der Waals surface area contributed by atoms with Gasteiger partial charge in [-0.15, -0.1) is 0 Å². The van der Waals surface area contributed by atoms with Crippen LogP contribution >= 0.6 is 0 Å². The van der Waals surface area contributed by atoms with Crippen molar-refractivity contribution in [3.63, 3.8) is 0 Å². The highest BCUT2D eigenvalue weighted by Crippen LogP contribution is 2.19. The van der Waals surface area contributed by atoms with Gasteiger partial charge >= 0.3 is 0 Å². The Morgan fingerprint density at radius 3 is 2.20 bits per heavy atom. The average molecular weight is 342 g/mol. The van der Waals surface area contributed by atoms with Crippen LogP contribution in [0.15, 0.2) is 54.6 Å². The fraction of sp³-hybridized carbons (Fsp3) is 0.350. The zero-order valence-corrected chi connectivity index (χ0v) is 15.2. The van der Waals surface area contributed by atoms with Gasteiger partial charge in [0, 0.05) is 6.54 Å². The monoisotopic (exact) mass is 342 g/mol. The number of carbonyl (C=O) groups excluding carboxylic acids is 1. The number of carbonyl (C=O) groups is 1. The number of rotatable bonds is 8. The number of likely N-dealkylation sites (N-methyl/N-ethyl adjacent to an activating group) is 1. The number of nitrogens with zero attached hydrogens (tertiary/aromatic N) is 1. The minimum Gasteiger partial charge on any atom is -0.497 e. The first-order valence-corrected chi connectivity index (χ1v) is 8.30. The zero-order valence-electron chi connectivity index (χ0n) is 15.2. The largest absolute Gasteiger partial charge is 0.497 e. The van der Waals surface area contributed by atoms with E-state index in [1.54, 1.807) is 38.3 Å². The number of ether oxygens (including phenoxy) is 2. The fourth-order valence-electron chi connectivity index (χ4n) is 2.49. The maximum absolute atomic E-state index is 12.6. The van der Waals surface area contributed by atoms with Crippen LogP contribution in [0.3, 0.4) is 0 Å². The number of hydrogen-bond acceptors (Lipinski definition) is 4. The van der Waals surface area contributed by atoms with Crippen molar-refractivity contribution in [3.8, 4) is 11.5 Å². The molecular formula is C20H26N2O3. The van der Waals surface area contributed by atoms with Crippen LogP contribution < -0.4 is 14.8 Å². The SMILES string of the molecule is COc1ccc(OC(C)C(=O)NC(CN(C)C)c2ccccc2)cc1. The van der Waals surface area contributed by atoms with Crippen molar-refractivity contribution in [1.82, 2.24) is 10.2 Å². The van der Waals surface area contributed by atoms with Gasteiger partial charge in [-0.05, 0) is 50.8 Å². The Morgan fingerprint density at radius 2 is 1.64 bits per heavy atom. The lowest BCUT2D eigenvalue weighted by atomic mass is 10.1. The Balaban J connectivity index is 2.01. The third-order valence-electron chi connectivity index (χ3n) is 3.81. The second-order valence-corrected chi connectivity index (χ2v) is 6.17. The number of hydrogen-bond donors (Lipinski definition) is 1. The minimum absolute atomic E-state index is 0.0920. The molecule has 2 aromatic rings. The molecule has 0 aromatic heterocycles. The normalized spacial score (nSPS) is 13.2. The summed E-state index contributed by atoms with van der Waals surface area (Å²) in [6.45, 7) is 2.46. The molecule has 0 saturated carbocycles. The summed E-state index contributed by atoms with van der Waals surface area (Å²) in [7, 11) is 5.58. The molecular weight excluding hydrogens is 316 g/mol. The van der Waals surface area contributed by atoms with Crippen LogP contribution in [0.25, 0.3) is 0 Å². The summed E-state index contributed by atoms with van der Waals surface area (Å²) in [6, 6.07) is 17.0. The highest BCUT2D eigenvalue weighted by atomic mass is 16.5. The smallest absolute Gasteiger partial charge is 0.261 e. The summed E-state index contributed by atoms with van der Waals surface area (Å²) in [6.07, 6.45) is -0.596. The third-order valence-corrected chi connectivity index (χ3v) is 3.81. The van der Waals surface area contributed by atoms with Gasteiger partial charge in [0.1, 0.15) is 11.5 Å². The van der Waals surface area contributed by atoms with Gasteiger partial charge in [0.05, 0.1) is 13.2 Å². The van der Waals surface area contributed by atoms with Crippen molar-refractivity contribution in [2.45, 2.75) is 19.1 Å². The van der Waals surface area contributed by atoms with E-state index in [0.29, 0.717) is 12.3 Å². The molecule has 134 valence electrons. The van der Waals surface area contributed by atoms with Crippen LogP contribution in [-0.2, 0) is 4.79 Å². The van der Waals surface area contributed by atoms with Crippen molar-refractivity contribution in [1.29, 1.82) is 0 Å². The molecule has 0 heterocycles. The van der Waals surface area contributed by atoms with Gasteiger partial charge in [-0.2, -0.15) is 0 Å². The van der Waals surface area contributed by atoms with E-state index in [1.807, 2.05) is 49.3 Å². The molecule has 0 aliphatic carbocycles. The highest BCUT2D eigenvalue weighted by molar-refractivity contribution is 5.81. The third kappa shape index (κ3) is 5.80. The molecule has 5 heteroatoms. The molecule has 2 rings (SSSR count). The topological polar surface area (TPSA) is 50.8 Å². The van der Waals surface area contributed by atoms with Crippen LogP contribution in [0.2, 0.25) is 0 Å². The molecule has 2 aromatic carbocycles. The molecule has 0 fully saturated rings. The van der Waals surface area contributed by atoms with Crippen LogP contribution in [0, 0.1) is 0 Å². The number of amides is 1. The summed E-state index contributed by atoms with van der Waals surface area (Å²) >= 11 is 0. The van der Waals surface area contributed by atoms with Crippen LogP contribution in [-0.4, -0.2) is 44.7 Å². The van der Waals surface area contributed by atoms with Crippen molar-refractivity contribution in [2.24, 2.45) is 0 Å². The second kappa shape index (κ2) is 9.08. The molecule has 2 atom stereocenters. The number of nitrogens with one attached hydrogen (secondary N) is 1. The zero-order chi connectivity index (χ0) is 18.2. The first-order valence-electron chi connectivity index (χ1n) is 8.30. The Labute approximate surface area is 149 Å². The van der Waals surface area contributed by atoms with Crippen molar-refractivity contribution < 1.29 is 14.3 Å². The predicted molar refractivity (Wildman–Crippen MR) is 99.0 cm³/mol. The molecule has 25 heavy (non-hydrogen) atoms. The molecule has 1 amide bonds. The minimum atomic E-state index is -0.596. The van der Waals surface area contributed by atoms with Crippen molar-refractivity contribution in [3.05, 3.63) is 60.2 Å². The van der Waals surface area contributed by atoms with Gasteiger partial charge < -0.3 is 19.7 Å². The molecule has 2 unspecified atom stereocenters. The highest BCUT2D eigenvalue weighted by Gasteiger charge is 2.20. The summed E-state index contributed by atoms with van der Waals surface area (Å²) in [5.41, 5.74) is 1.07. The fourth-order valence-corrected chi connectivity index (χ4v) is 2.49. The molecule has 1 N–H and O–H groups in total. The summed E-state index contributed by atoms with van der Waals surface area (Å²) in [5, 5.41) is 3.08. The lowest BCUT2D eigenvalue weighted by molar-refractivity contribution is -0.128. The van der Waals surface area contributed by atoms with Gasteiger partial charge in [-0.1, -0.05) is 30.3 Å². The van der Waals surface area contributed by atoms with Crippen LogP contribution in [0.5, 0.6) is 11.5 Å². The molecule has 0 saturated heterocycles. The van der Waals surface area contributed by atoms with Gasteiger partial charge in [-0.3, -0.25) is 4.79 Å². The molecule has 5 nitrogen and oxygen atoms in total. The van der Waals surface area contributed by atoms with E-state index in [-0.39, 0.29) is 11.9 Å². The van der Waals surface area contributed by atoms with Crippen LogP contribution in [0.4, 0.5) is 0 Å². The van der Waals surface area contributed by atoms with E-state index in [4.69, 9.17) is 9.47 Å². The molecule has 0 aliphatic heterocycles. The maximum atomic E-state index is 12.6. The first kappa shape index (κ1) is 18.8. The Kier molecular flexibility index (Phi) is 6.83. The van der Waals surface area contributed by atoms with Gasteiger partial charge in [0.2, 0.25) is 0 Å². The Bertz CT molecular complexity index is 656. The van der Waals surface area contributed by atoms with E-state index in [0.717, 1.165) is 11.3 Å². The first-order chi connectivity index (χ1) is 12.0. The lowest BCUT2D eigenvalue weighted by Gasteiger charge is -2.24. The average Bonchev–Trinajstić information content (AvgIpc) is 2.62. The van der Waals surface area contributed by atoms with E-state index in [1.165, 1.54) is 0 Å². The maximum Gasteiger partial charge on any atom is 0.261 e. The van der Waals surface area contributed by atoms with E-state index >= 15 is 0 Å². The lowest BCUT2D eigenvalue weighted by Crippen LogP contribution is -2.41. The predicted octanol–water partition coefficient (Wildman–Crippen LogP) is 2.88. The number of methoxy groups -OCH3 is 1. The Hall–Kier alpha value is -2.53. The molecule has 0 radical (unpaired) electrons. The summed E-state index contributed by atoms with van der Waals surface area (Å²) < 4.78 is 10.9. The van der Waals surface area contributed by atoms with E-state index in [9.17, 15) is 4.79 Å². The molecule has 0 bridgehead atoms.